The molecule has 0 aliphatic heterocycles. The fourth-order valence-corrected chi connectivity index (χ4v) is 3.15. The Morgan fingerprint density at radius 1 is 1.40 bits per heavy atom. The second kappa shape index (κ2) is 8.60. The van der Waals surface area contributed by atoms with Crippen molar-refractivity contribution < 1.29 is 19.4 Å². The second-order valence-electron chi connectivity index (χ2n) is 5.91. The van der Waals surface area contributed by atoms with E-state index in [0.29, 0.717) is 19.8 Å². The molecule has 2 N–H and O–H groups in total. The third-order valence-corrected chi connectivity index (χ3v) is 4.00. The molecule has 1 aliphatic rings. The van der Waals surface area contributed by atoms with Crippen molar-refractivity contribution in [1.82, 2.24) is 5.32 Å². The number of methoxy groups -OCH3 is 1. The maximum Gasteiger partial charge on any atom is 0.324 e. The lowest BCUT2D eigenvalue weighted by molar-refractivity contribution is -0.147. The summed E-state index contributed by atoms with van der Waals surface area (Å²) in [6.45, 7) is 6.02. The summed E-state index contributed by atoms with van der Waals surface area (Å²) in [5, 5.41) is 12.9. The highest BCUT2D eigenvalue weighted by Crippen LogP contribution is 2.38. The van der Waals surface area contributed by atoms with Crippen LogP contribution in [0, 0.1) is 5.92 Å². The molecule has 0 aromatic carbocycles. The first-order valence-corrected chi connectivity index (χ1v) is 7.60. The molecule has 0 spiro atoms. The highest BCUT2D eigenvalue weighted by Gasteiger charge is 2.48. The number of hydrogen-bond donors (Lipinski definition) is 2. The van der Waals surface area contributed by atoms with E-state index in [1.54, 1.807) is 7.11 Å². The van der Waals surface area contributed by atoms with Crippen molar-refractivity contribution in [2.24, 2.45) is 5.92 Å². The summed E-state index contributed by atoms with van der Waals surface area (Å²) in [6.07, 6.45) is 4.34. The molecule has 0 amide bonds. The van der Waals surface area contributed by atoms with Crippen LogP contribution >= 0.6 is 0 Å². The van der Waals surface area contributed by atoms with Crippen LogP contribution < -0.4 is 5.32 Å². The third kappa shape index (κ3) is 4.72. The van der Waals surface area contributed by atoms with Crippen LogP contribution in [-0.2, 0) is 14.3 Å². The van der Waals surface area contributed by atoms with E-state index in [1.807, 2.05) is 13.8 Å². The van der Waals surface area contributed by atoms with Crippen molar-refractivity contribution >= 4 is 5.97 Å². The van der Waals surface area contributed by atoms with E-state index >= 15 is 0 Å². The molecule has 1 saturated carbocycles. The summed E-state index contributed by atoms with van der Waals surface area (Å²) >= 11 is 0. The number of hydrogen-bond acceptors (Lipinski definition) is 4. The van der Waals surface area contributed by atoms with Crippen molar-refractivity contribution in [1.29, 1.82) is 0 Å². The summed E-state index contributed by atoms with van der Waals surface area (Å²) in [5.74, 6) is -0.557. The predicted octanol–water partition coefficient (Wildman–Crippen LogP) is 2.05. The molecule has 1 fully saturated rings. The van der Waals surface area contributed by atoms with Gasteiger partial charge in [-0.3, -0.25) is 10.1 Å². The molecule has 118 valence electrons. The summed E-state index contributed by atoms with van der Waals surface area (Å²) in [5.41, 5.74) is -0.760. The summed E-state index contributed by atoms with van der Waals surface area (Å²) in [4.78, 5) is 11.7. The molecule has 0 saturated heterocycles. The summed E-state index contributed by atoms with van der Waals surface area (Å²) < 4.78 is 10.5. The van der Waals surface area contributed by atoms with Crippen LogP contribution in [-0.4, -0.2) is 49.6 Å². The third-order valence-electron chi connectivity index (χ3n) is 4.00. The predicted molar refractivity (Wildman–Crippen MR) is 77.9 cm³/mol. The van der Waals surface area contributed by atoms with Crippen LogP contribution in [0.4, 0.5) is 0 Å². The first-order chi connectivity index (χ1) is 9.53. The minimum absolute atomic E-state index is 0.157. The van der Waals surface area contributed by atoms with Gasteiger partial charge in [-0.1, -0.05) is 6.42 Å². The lowest BCUT2D eigenvalue weighted by atomic mass is 9.84. The van der Waals surface area contributed by atoms with E-state index in [9.17, 15) is 9.90 Å². The molecule has 5 heteroatoms. The van der Waals surface area contributed by atoms with Crippen LogP contribution in [0.15, 0.2) is 0 Å². The molecule has 0 bridgehead atoms. The van der Waals surface area contributed by atoms with Gasteiger partial charge in [-0.15, -0.1) is 0 Å². The minimum Gasteiger partial charge on any atom is -0.480 e. The zero-order chi connectivity index (χ0) is 15.0. The van der Waals surface area contributed by atoms with E-state index in [4.69, 9.17) is 9.47 Å². The Bertz CT molecular complexity index is 296. The van der Waals surface area contributed by atoms with E-state index in [1.165, 1.54) is 0 Å². The smallest absolute Gasteiger partial charge is 0.324 e. The number of ether oxygens (including phenoxy) is 2. The maximum absolute atomic E-state index is 11.7. The lowest BCUT2D eigenvalue weighted by Crippen LogP contribution is -2.57. The molecule has 5 nitrogen and oxygen atoms in total. The Balaban J connectivity index is 2.43. The van der Waals surface area contributed by atoms with Gasteiger partial charge in [-0.25, -0.2) is 0 Å². The molecular formula is C15H29NO4. The van der Waals surface area contributed by atoms with Crippen molar-refractivity contribution in [2.75, 3.05) is 26.9 Å². The zero-order valence-electron chi connectivity index (χ0n) is 13.0. The number of rotatable bonds is 10. The highest BCUT2D eigenvalue weighted by molar-refractivity contribution is 5.79. The molecule has 20 heavy (non-hydrogen) atoms. The Morgan fingerprint density at radius 3 is 2.75 bits per heavy atom. The number of aliphatic carboxylic acids is 1. The van der Waals surface area contributed by atoms with E-state index in [2.05, 4.69) is 5.32 Å². The van der Waals surface area contributed by atoms with Gasteiger partial charge in [0.2, 0.25) is 0 Å². The van der Waals surface area contributed by atoms with Gasteiger partial charge in [-0.05, 0) is 45.4 Å². The van der Waals surface area contributed by atoms with Gasteiger partial charge in [0.15, 0.2) is 0 Å². The fourth-order valence-electron chi connectivity index (χ4n) is 3.15. The van der Waals surface area contributed by atoms with Gasteiger partial charge in [0, 0.05) is 33.0 Å². The molecule has 0 aromatic rings. The molecule has 0 aromatic heterocycles. The van der Waals surface area contributed by atoms with Crippen molar-refractivity contribution in [3.63, 3.8) is 0 Å². The standard InChI is InChI=1S/C15H29NO4/c1-12(2)16-15(14(17)18)8-4-6-13(15)7-11-20-10-5-9-19-3/h12-13,16H,4-11H2,1-3H3,(H,17,18). The topological polar surface area (TPSA) is 67.8 Å². The number of carboxylic acid groups (broad SMARTS) is 1. The molecular weight excluding hydrogens is 258 g/mol. The Kier molecular flexibility index (Phi) is 7.48. The van der Waals surface area contributed by atoms with Gasteiger partial charge >= 0.3 is 5.97 Å². The largest absolute Gasteiger partial charge is 0.480 e. The van der Waals surface area contributed by atoms with Crippen molar-refractivity contribution in [2.45, 2.75) is 57.5 Å². The minimum atomic E-state index is -0.760. The Labute approximate surface area is 122 Å². The number of carbonyl (C=O) groups is 1. The van der Waals surface area contributed by atoms with Gasteiger partial charge in [0.25, 0.3) is 0 Å². The second-order valence-corrected chi connectivity index (χ2v) is 5.91. The highest BCUT2D eigenvalue weighted by atomic mass is 16.5. The maximum atomic E-state index is 11.7. The molecule has 0 heterocycles. The van der Waals surface area contributed by atoms with Gasteiger partial charge in [0.1, 0.15) is 5.54 Å². The van der Waals surface area contributed by atoms with Crippen LogP contribution in [0.5, 0.6) is 0 Å². The Morgan fingerprint density at radius 2 is 2.15 bits per heavy atom. The average molecular weight is 287 g/mol. The normalized spacial score (nSPS) is 26.3. The van der Waals surface area contributed by atoms with Crippen LogP contribution in [0.25, 0.3) is 0 Å². The molecule has 0 radical (unpaired) electrons. The van der Waals surface area contributed by atoms with Gasteiger partial charge < -0.3 is 14.6 Å². The number of nitrogens with one attached hydrogen (secondary N) is 1. The van der Waals surface area contributed by atoms with Gasteiger partial charge in [0.05, 0.1) is 0 Å². The summed E-state index contributed by atoms with van der Waals surface area (Å²) in [7, 11) is 1.68. The zero-order valence-corrected chi connectivity index (χ0v) is 13.0. The van der Waals surface area contributed by atoms with E-state index < -0.39 is 11.5 Å². The SMILES string of the molecule is COCCCOCCC1CCCC1(NC(C)C)C(=O)O. The lowest BCUT2D eigenvalue weighted by Gasteiger charge is -2.34. The first kappa shape index (κ1) is 17.4. The number of carboxylic acids is 1. The van der Waals surface area contributed by atoms with Crippen LogP contribution in [0.3, 0.4) is 0 Å². The molecule has 2 atom stereocenters. The molecule has 1 aliphatic carbocycles. The van der Waals surface area contributed by atoms with Crippen LogP contribution in [0.1, 0.15) is 46.0 Å². The molecule has 1 rings (SSSR count). The van der Waals surface area contributed by atoms with Gasteiger partial charge in [-0.2, -0.15) is 0 Å². The quantitative estimate of drug-likeness (QED) is 0.602. The monoisotopic (exact) mass is 287 g/mol. The fraction of sp³-hybridized carbons (Fsp3) is 0.933. The molecule has 2 unspecified atom stereocenters. The van der Waals surface area contributed by atoms with Crippen molar-refractivity contribution in [3.8, 4) is 0 Å². The van der Waals surface area contributed by atoms with E-state index in [0.717, 1.165) is 32.1 Å². The van der Waals surface area contributed by atoms with Crippen molar-refractivity contribution in [3.05, 3.63) is 0 Å². The first-order valence-electron chi connectivity index (χ1n) is 7.60. The van der Waals surface area contributed by atoms with E-state index in [-0.39, 0.29) is 12.0 Å². The Hall–Kier alpha value is -0.650. The average Bonchev–Trinajstić information content (AvgIpc) is 2.77. The van der Waals surface area contributed by atoms with Crippen LogP contribution in [0.2, 0.25) is 0 Å². The summed E-state index contributed by atoms with van der Waals surface area (Å²) in [6, 6.07) is 0.175.